The van der Waals surface area contributed by atoms with Gasteiger partial charge in [0, 0.05) is 29.9 Å². The summed E-state index contributed by atoms with van der Waals surface area (Å²) < 4.78 is 8.31. The number of nitrogens with zero attached hydrogens (tertiary/aromatic N) is 1. The molecule has 0 bridgehead atoms. The zero-order valence-corrected chi connectivity index (χ0v) is 22.0. The summed E-state index contributed by atoms with van der Waals surface area (Å²) in [5, 5.41) is 2.77. The highest BCUT2D eigenvalue weighted by molar-refractivity contribution is 9.10. The number of anilines is 1. The molecule has 0 saturated carbocycles. The van der Waals surface area contributed by atoms with Gasteiger partial charge in [0.2, 0.25) is 0 Å². The lowest BCUT2D eigenvalue weighted by Crippen LogP contribution is -2.67. The summed E-state index contributed by atoms with van der Waals surface area (Å²) in [7, 11) is -2.44. The molecule has 1 saturated heterocycles. The minimum absolute atomic E-state index is 0.0355. The summed E-state index contributed by atoms with van der Waals surface area (Å²) >= 11 is 3.54. The van der Waals surface area contributed by atoms with Gasteiger partial charge in [-0.25, -0.2) is 0 Å². The molecule has 168 valence electrons. The highest BCUT2D eigenvalue weighted by Crippen LogP contribution is 2.37. The molecule has 1 heterocycles. The summed E-state index contributed by atoms with van der Waals surface area (Å²) in [6.45, 7) is 10.1. The molecule has 0 N–H and O–H groups in total. The van der Waals surface area contributed by atoms with Gasteiger partial charge in [-0.15, -0.1) is 0 Å². The fraction of sp³-hybridized carbons (Fsp3) is 0.357. The monoisotopic (exact) mass is 507 g/mol. The lowest BCUT2D eigenvalue weighted by atomic mass is 9.97. The van der Waals surface area contributed by atoms with E-state index in [0.29, 0.717) is 5.92 Å². The van der Waals surface area contributed by atoms with Crippen LogP contribution in [0.2, 0.25) is 5.04 Å². The van der Waals surface area contributed by atoms with Crippen LogP contribution >= 0.6 is 15.9 Å². The van der Waals surface area contributed by atoms with Gasteiger partial charge in [0.1, 0.15) is 0 Å². The third kappa shape index (κ3) is 4.88. The first kappa shape index (κ1) is 23.3. The number of halogens is 1. The molecule has 0 spiro atoms. The van der Waals surface area contributed by atoms with Gasteiger partial charge < -0.3 is 9.33 Å². The highest BCUT2D eigenvalue weighted by atomic mass is 79.9. The Hall–Kier alpha value is -1.88. The van der Waals surface area contributed by atoms with E-state index in [-0.39, 0.29) is 5.04 Å². The molecular weight excluding hydrogens is 474 g/mol. The predicted octanol–water partition coefficient (Wildman–Crippen LogP) is 6.24. The maximum absolute atomic E-state index is 7.18. The standard InChI is InChI=1S/C28H34BrNOSi/c1-28(2,3)32(26-10-6-4-7-11-26,27-12-8-5-9-13-27)31-22-23-18-20-30(21-19-23)25-16-14-24(29)15-17-25/h4-17,23H,18-22H2,1-3H3. The summed E-state index contributed by atoms with van der Waals surface area (Å²) in [5.41, 5.74) is 1.32. The smallest absolute Gasteiger partial charge is 0.261 e. The second-order valence-electron chi connectivity index (χ2n) is 9.88. The van der Waals surface area contributed by atoms with Gasteiger partial charge in [-0.05, 0) is 58.4 Å². The van der Waals surface area contributed by atoms with Crippen molar-refractivity contribution in [3.8, 4) is 0 Å². The Morgan fingerprint density at radius 2 is 1.31 bits per heavy atom. The second kappa shape index (κ2) is 9.94. The molecule has 1 aliphatic rings. The maximum Gasteiger partial charge on any atom is 0.261 e. The zero-order valence-electron chi connectivity index (χ0n) is 19.4. The Morgan fingerprint density at radius 1 is 0.812 bits per heavy atom. The van der Waals surface area contributed by atoms with Crippen LogP contribution in [-0.4, -0.2) is 28.0 Å². The molecule has 1 fully saturated rings. The van der Waals surface area contributed by atoms with Crippen molar-refractivity contribution < 1.29 is 4.43 Å². The van der Waals surface area contributed by atoms with Gasteiger partial charge in [0.15, 0.2) is 0 Å². The molecule has 1 aliphatic heterocycles. The van der Waals surface area contributed by atoms with E-state index in [1.54, 1.807) is 0 Å². The molecule has 3 aromatic carbocycles. The van der Waals surface area contributed by atoms with Gasteiger partial charge in [0.25, 0.3) is 8.32 Å². The van der Waals surface area contributed by atoms with Crippen molar-refractivity contribution in [2.24, 2.45) is 5.92 Å². The Labute approximate surface area is 202 Å². The van der Waals surface area contributed by atoms with Crippen LogP contribution in [0.15, 0.2) is 89.4 Å². The molecule has 4 heteroatoms. The zero-order chi connectivity index (χ0) is 22.6. The predicted molar refractivity (Wildman–Crippen MR) is 143 cm³/mol. The molecular formula is C28H34BrNOSi. The third-order valence-corrected chi connectivity index (χ3v) is 12.3. The van der Waals surface area contributed by atoms with Crippen LogP contribution < -0.4 is 15.3 Å². The Morgan fingerprint density at radius 3 is 1.78 bits per heavy atom. The van der Waals surface area contributed by atoms with Crippen LogP contribution in [0.4, 0.5) is 5.69 Å². The number of rotatable bonds is 6. The summed E-state index contributed by atoms with van der Waals surface area (Å²) in [6, 6.07) is 30.6. The van der Waals surface area contributed by atoms with Gasteiger partial charge in [-0.3, -0.25) is 0 Å². The van der Waals surface area contributed by atoms with E-state index >= 15 is 0 Å². The quantitative estimate of drug-likeness (QED) is 0.366. The first-order chi connectivity index (χ1) is 15.4. The van der Waals surface area contributed by atoms with Crippen molar-refractivity contribution >= 4 is 40.3 Å². The van der Waals surface area contributed by atoms with E-state index in [4.69, 9.17) is 4.43 Å². The molecule has 2 nitrogen and oxygen atoms in total. The van der Waals surface area contributed by atoms with Crippen molar-refractivity contribution in [3.05, 3.63) is 89.4 Å². The van der Waals surface area contributed by atoms with Crippen molar-refractivity contribution in [3.63, 3.8) is 0 Å². The molecule has 32 heavy (non-hydrogen) atoms. The molecule has 0 aliphatic carbocycles. The van der Waals surface area contributed by atoms with E-state index in [1.807, 2.05) is 0 Å². The molecule has 3 aromatic rings. The maximum atomic E-state index is 7.18. The normalized spacial score (nSPS) is 15.7. The SMILES string of the molecule is CC(C)(C)[Si](OCC1CCN(c2ccc(Br)cc2)CC1)(c1ccccc1)c1ccccc1. The average Bonchev–Trinajstić information content (AvgIpc) is 2.81. The number of hydrogen-bond acceptors (Lipinski definition) is 2. The third-order valence-electron chi connectivity index (χ3n) is 6.76. The Bertz CT molecular complexity index is 938. The Balaban J connectivity index is 1.53. The van der Waals surface area contributed by atoms with Gasteiger partial charge in [0.05, 0.1) is 0 Å². The second-order valence-corrected chi connectivity index (χ2v) is 15.1. The van der Waals surface area contributed by atoms with Gasteiger partial charge >= 0.3 is 0 Å². The van der Waals surface area contributed by atoms with Crippen LogP contribution in [0.3, 0.4) is 0 Å². The molecule has 0 aromatic heterocycles. The molecule has 0 unspecified atom stereocenters. The summed E-state index contributed by atoms with van der Waals surface area (Å²) in [4.78, 5) is 2.51. The number of hydrogen-bond donors (Lipinski definition) is 0. The van der Waals surface area contributed by atoms with E-state index < -0.39 is 8.32 Å². The Kier molecular flexibility index (Phi) is 7.23. The molecule has 4 rings (SSSR count). The molecule has 0 amide bonds. The first-order valence-corrected chi connectivity index (χ1v) is 14.4. The van der Waals surface area contributed by atoms with Crippen molar-refractivity contribution in [1.29, 1.82) is 0 Å². The minimum atomic E-state index is -2.44. The first-order valence-electron chi connectivity index (χ1n) is 11.7. The van der Waals surface area contributed by atoms with Crippen molar-refractivity contribution in [2.45, 2.75) is 38.7 Å². The van der Waals surface area contributed by atoms with Crippen LogP contribution in [0.5, 0.6) is 0 Å². The van der Waals surface area contributed by atoms with E-state index in [2.05, 4.69) is 127 Å². The lowest BCUT2D eigenvalue weighted by Gasteiger charge is -2.44. The van der Waals surface area contributed by atoms with Crippen LogP contribution in [-0.2, 0) is 4.43 Å². The molecule has 0 atom stereocenters. The number of piperidine rings is 1. The lowest BCUT2D eigenvalue weighted by molar-refractivity contribution is 0.211. The fourth-order valence-electron chi connectivity index (χ4n) is 5.01. The minimum Gasteiger partial charge on any atom is -0.407 e. The largest absolute Gasteiger partial charge is 0.407 e. The highest BCUT2D eigenvalue weighted by Gasteiger charge is 2.50. The van der Waals surface area contributed by atoms with E-state index in [1.165, 1.54) is 28.9 Å². The summed E-state index contributed by atoms with van der Waals surface area (Å²) in [5.74, 6) is 0.600. The van der Waals surface area contributed by atoms with Gasteiger partial charge in [-0.2, -0.15) is 0 Å². The van der Waals surface area contributed by atoms with Crippen molar-refractivity contribution in [1.82, 2.24) is 0 Å². The molecule has 0 radical (unpaired) electrons. The average molecular weight is 509 g/mol. The van der Waals surface area contributed by atoms with Crippen LogP contribution in [0, 0.1) is 5.92 Å². The van der Waals surface area contributed by atoms with Crippen LogP contribution in [0.1, 0.15) is 33.6 Å². The van der Waals surface area contributed by atoms with Crippen molar-refractivity contribution in [2.75, 3.05) is 24.6 Å². The van der Waals surface area contributed by atoms with Crippen LogP contribution in [0.25, 0.3) is 0 Å². The van der Waals surface area contributed by atoms with E-state index in [0.717, 1.165) is 24.2 Å². The summed E-state index contributed by atoms with van der Waals surface area (Å²) in [6.07, 6.45) is 2.35. The fourth-order valence-corrected chi connectivity index (χ4v) is 9.92. The van der Waals surface area contributed by atoms with Gasteiger partial charge in [-0.1, -0.05) is 97.4 Å². The topological polar surface area (TPSA) is 12.5 Å². The van der Waals surface area contributed by atoms with E-state index in [9.17, 15) is 0 Å². The number of benzene rings is 3.